The fourth-order valence-electron chi connectivity index (χ4n) is 2.14. The lowest BCUT2D eigenvalue weighted by molar-refractivity contribution is -0.133. The van der Waals surface area contributed by atoms with Gasteiger partial charge in [-0.2, -0.15) is 0 Å². The van der Waals surface area contributed by atoms with E-state index in [9.17, 15) is 14.7 Å². The zero-order valence-corrected chi connectivity index (χ0v) is 10.7. The molecule has 102 valence electrons. The minimum atomic E-state index is -0.442. The number of likely N-dealkylation sites (tertiary alicyclic amines) is 1. The highest BCUT2D eigenvalue weighted by atomic mass is 16.3. The molecule has 5 heteroatoms. The number of carbonyl (C=O) groups is 2. The van der Waals surface area contributed by atoms with Crippen LogP contribution in [0.3, 0.4) is 0 Å². The quantitative estimate of drug-likeness (QED) is 0.828. The van der Waals surface area contributed by atoms with E-state index in [4.69, 9.17) is 0 Å². The van der Waals surface area contributed by atoms with Crippen LogP contribution in [0.5, 0.6) is 0 Å². The summed E-state index contributed by atoms with van der Waals surface area (Å²) in [5.41, 5.74) is 0.536. The van der Waals surface area contributed by atoms with Crippen LogP contribution >= 0.6 is 0 Å². The van der Waals surface area contributed by atoms with E-state index in [-0.39, 0.29) is 18.4 Å². The average molecular weight is 262 g/mol. The van der Waals surface area contributed by atoms with Crippen molar-refractivity contribution >= 4 is 11.8 Å². The zero-order chi connectivity index (χ0) is 13.7. The standard InChI is InChI=1S/C14H18N2O3/c17-12-7-4-8-16(10-12)13(18)9-15-14(19)11-5-2-1-3-6-11/h1-3,5-6,12,17H,4,7-10H2,(H,15,19)/t12-/m0/s1. The van der Waals surface area contributed by atoms with Crippen molar-refractivity contribution in [1.82, 2.24) is 10.2 Å². The van der Waals surface area contributed by atoms with E-state index < -0.39 is 6.10 Å². The molecule has 0 unspecified atom stereocenters. The van der Waals surface area contributed by atoms with Gasteiger partial charge in [0.05, 0.1) is 12.6 Å². The number of nitrogens with one attached hydrogen (secondary N) is 1. The molecule has 2 N–H and O–H groups in total. The predicted octanol–water partition coefficient (Wildman–Crippen LogP) is 0.400. The van der Waals surface area contributed by atoms with Gasteiger partial charge in [-0.3, -0.25) is 9.59 Å². The SMILES string of the molecule is O=C(NCC(=O)N1CCC[C@H](O)C1)c1ccccc1. The highest BCUT2D eigenvalue weighted by molar-refractivity contribution is 5.96. The van der Waals surface area contributed by atoms with Crippen LogP contribution in [0, 0.1) is 0 Å². The largest absolute Gasteiger partial charge is 0.391 e. The van der Waals surface area contributed by atoms with Crippen molar-refractivity contribution in [2.24, 2.45) is 0 Å². The normalized spacial score (nSPS) is 19.0. The number of amides is 2. The summed E-state index contributed by atoms with van der Waals surface area (Å²) in [5.74, 6) is -0.408. The fourth-order valence-corrected chi connectivity index (χ4v) is 2.14. The van der Waals surface area contributed by atoms with Crippen LogP contribution in [0.4, 0.5) is 0 Å². The van der Waals surface area contributed by atoms with Crippen molar-refractivity contribution < 1.29 is 14.7 Å². The number of carbonyl (C=O) groups excluding carboxylic acids is 2. The predicted molar refractivity (Wildman–Crippen MR) is 70.6 cm³/mol. The first-order valence-electron chi connectivity index (χ1n) is 6.46. The fraction of sp³-hybridized carbons (Fsp3) is 0.429. The number of β-amino-alcohol motifs (C(OH)–C–C–N with tert-alkyl or cyclic N) is 1. The maximum absolute atomic E-state index is 11.9. The second-order valence-corrected chi connectivity index (χ2v) is 4.68. The monoisotopic (exact) mass is 262 g/mol. The molecule has 0 radical (unpaired) electrons. The molecule has 2 amide bonds. The first-order chi connectivity index (χ1) is 9.16. The summed E-state index contributed by atoms with van der Waals surface area (Å²) in [6, 6.07) is 8.78. The number of benzene rings is 1. The number of hydrogen-bond donors (Lipinski definition) is 2. The van der Waals surface area contributed by atoms with Gasteiger partial charge in [0.1, 0.15) is 0 Å². The summed E-state index contributed by atoms with van der Waals surface area (Å²) in [6.07, 6.45) is 1.10. The topological polar surface area (TPSA) is 69.6 Å². The first kappa shape index (κ1) is 13.5. The Kier molecular flexibility index (Phi) is 4.52. The Morgan fingerprint density at radius 3 is 2.74 bits per heavy atom. The zero-order valence-electron chi connectivity index (χ0n) is 10.7. The highest BCUT2D eigenvalue weighted by Gasteiger charge is 2.22. The Labute approximate surface area is 112 Å². The van der Waals surface area contributed by atoms with Gasteiger partial charge < -0.3 is 15.3 Å². The van der Waals surface area contributed by atoms with E-state index in [1.165, 1.54) is 0 Å². The third-order valence-corrected chi connectivity index (χ3v) is 3.19. The van der Waals surface area contributed by atoms with Crippen molar-refractivity contribution in [2.45, 2.75) is 18.9 Å². The lowest BCUT2D eigenvalue weighted by Gasteiger charge is -2.30. The summed E-state index contributed by atoms with van der Waals surface area (Å²) in [4.78, 5) is 25.2. The number of aliphatic hydroxyl groups excluding tert-OH is 1. The molecule has 1 heterocycles. The number of rotatable bonds is 3. The van der Waals surface area contributed by atoms with Crippen LogP contribution in [0.15, 0.2) is 30.3 Å². The summed E-state index contributed by atoms with van der Waals surface area (Å²) < 4.78 is 0. The molecule has 1 saturated heterocycles. The molecule has 0 saturated carbocycles. The molecular formula is C14H18N2O3. The molecule has 1 aliphatic heterocycles. The minimum Gasteiger partial charge on any atom is -0.391 e. The van der Waals surface area contributed by atoms with Crippen LogP contribution < -0.4 is 5.32 Å². The Morgan fingerprint density at radius 2 is 2.05 bits per heavy atom. The lowest BCUT2D eigenvalue weighted by Crippen LogP contribution is -2.46. The molecule has 1 fully saturated rings. The second-order valence-electron chi connectivity index (χ2n) is 4.68. The van der Waals surface area contributed by atoms with Crippen LogP contribution in [0.2, 0.25) is 0 Å². The first-order valence-corrected chi connectivity index (χ1v) is 6.46. The molecule has 19 heavy (non-hydrogen) atoms. The Hall–Kier alpha value is -1.88. The van der Waals surface area contributed by atoms with Crippen molar-refractivity contribution in [3.05, 3.63) is 35.9 Å². The number of hydrogen-bond acceptors (Lipinski definition) is 3. The molecule has 0 spiro atoms. The summed E-state index contributed by atoms with van der Waals surface area (Å²) >= 11 is 0. The van der Waals surface area contributed by atoms with Crippen LogP contribution in [-0.4, -0.2) is 47.6 Å². The molecule has 2 rings (SSSR count). The van der Waals surface area contributed by atoms with Gasteiger partial charge in [0, 0.05) is 18.7 Å². The molecule has 1 atom stereocenters. The number of piperidine rings is 1. The number of nitrogens with zero attached hydrogens (tertiary/aromatic N) is 1. The van der Waals surface area contributed by atoms with E-state index in [0.29, 0.717) is 18.7 Å². The molecule has 0 bridgehead atoms. The van der Waals surface area contributed by atoms with Crippen LogP contribution in [0.25, 0.3) is 0 Å². The molecule has 1 aromatic carbocycles. The highest BCUT2D eigenvalue weighted by Crippen LogP contribution is 2.09. The van der Waals surface area contributed by atoms with Gasteiger partial charge in [-0.05, 0) is 25.0 Å². The average Bonchev–Trinajstić information content (AvgIpc) is 2.45. The van der Waals surface area contributed by atoms with Gasteiger partial charge in [0.2, 0.25) is 5.91 Å². The minimum absolute atomic E-state index is 0.0273. The summed E-state index contributed by atoms with van der Waals surface area (Å²) in [6.45, 7) is 0.984. The maximum Gasteiger partial charge on any atom is 0.251 e. The molecule has 0 aliphatic carbocycles. The Bertz CT molecular complexity index is 447. The van der Waals surface area contributed by atoms with Crippen molar-refractivity contribution in [2.75, 3.05) is 19.6 Å². The van der Waals surface area contributed by atoms with Gasteiger partial charge in [-0.15, -0.1) is 0 Å². The Morgan fingerprint density at radius 1 is 1.32 bits per heavy atom. The molecule has 0 aromatic heterocycles. The Balaban J connectivity index is 1.82. The number of aliphatic hydroxyl groups is 1. The smallest absolute Gasteiger partial charge is 0.251 e. The molecule has 1 aliphatic rings. The lowest BCUT2D eigenvalue weighted by atomic mass is 10.1. The van der Waals surface area contributed by atoms with Gasteiger partial charge in [0.15, 0.2) is 0 Å². The van der Waals surface area contributed by atoms with Crippen LogP contribution in [-0.2, 0) is 4.79 Å². The van der Waals surface area contributed by atoms with E-state index >= 15 is 0 Å². The van der Waals surface area contributed by atoms with Gasteiger partial charge >= 0.3 is 0 Å². The van der Waals surface area contributed by atoms with Gasteiger partial charge in [-0.25, -0.2) is 0 Å². The third kappa shape index (κ3) is 3.79. The van der Waals surface area contributed by atoms with E-state index in [1.807, 2.05) is 6.07 Å². The van der Waals surface area contributed by atoms with E-state index in [0.717, 1.165) is 12.8 Å². The van der Waals surface area contributed by atoms with Crippen molar-refractivity contribution in [3.8, 4) is 0 Å². The molecule has 1 aromatic rings. The third-order valence-electron chi connectivity index (χ3n) is 3.19. The van der Waals surface area contributed by atoms with Gasteiger partial charge in [-0.1, -0.05) is 18.2 Å². The second kappa shape index (κ2) is 6.33. The summed E-state index contributed by atoms with van der Waals surface area (Å²) in [7, 11) is 0. The molecular weight excluding hydrogens is 244 g/mol. The van der Waals surface area contributed by atoms with Crippen molar-refractivity contribution in [3.63, 3.8) is 0 Å². The van der Waals surface area contributed by atoms with Gasteiger partial charge in [0.25, 0.3) is 5.91 Å². The van der Waals surface area contributed by atoms with Crippen molar-refractivity contribution in [1.29, 1.82) is 0 Å². The maximum atomic E-state index is 11.9. The molecule has 5 nitrogen and oxygen atoms in total. The van der Waals surface area contributed by atoms with Crippen LogP contribution in [0.1, 0.15) is 23.2 Å². The van der Waals surface area contributed by atoms with E-state index in [1.54, 1.807) is 29.2 Å². The van der Waals surface area contributed by atoms with E-state index in [2.05, 4.69) is 5.32 Å². The summed E-state index contributed by atoms with van der Waals surface area (Å²) in [5, 5.41) is 12.1.